The molecule has 4 rings (SSSR count). The van der Waals surface area contributed by atoms with Gasteiger partial charge in [0.2, 0.25) is 6.10 Å². The number of ether oxygens (including phenoxy) is 1. The van der Waals surface area contributed by atoms with Crippen LogP contribution in [0.5, 0.6) is 0 Å². The second-order valence-corrected chi connectivity index (χ2v) is 6.83. The molecule has 5 heteroatoms. The maximum absolute atomic E-state index is 13.1. The number of likely N-dealkylation sites (tertiary alicyclic amines) is 1. The van der Waals surface area contributed by atoms with E-state index >= 15 is 0 Å². The highest BCUT2D eigenvalue weighted by Gasteiger charge is 2.31. The third-order valence-electron chi connectivity index (χ3n) is 5.03. The third-order valence-corrected chi connectivity index (χ3v) is 5.03. The SMILES string of the molecule is O=C(OC(C(=O)N1CCCCC1)c1ccccc1)c1c[nH]c2ccccc12. The lowest BCUT2D eigenvalue weighted by molar-refractivity contribution is -0.142. The number of esters is 1. The lowest BCUT2D eigenvalue weighted by Crippen LogP contribution is -2.40. The Morgan fingerprint density at radius 1 is 0.926 bits per heavy atom. The first-order valence-corrected chi connectivity index (χ1v) is 9.35. The Morgan fingerprint density at radius 2 is 1.63 bits per heavy atom. The van der Waals surface area contributed by atoms with Gasteiger partial charge in [0.25, 0.3) is 5.91 Å². The molecule has 1 fully saturated rings. The quantitative estimate of drug-likeness (QED) is 0.712. The van der Waals surface area contributed by atoms with E-state index in [1.165, 1.54) is 0 Å². The summed E-state index contributed by atoms with van der Waals surface area (Å²) in [6, 6.07) is 16.8. The van der Waals surface area contributed by atoms with Gasteiger partial charge in [0.15, 0.2) is 0 Å². The molecule has 2 heterocycles. The molecule has 0 saturated carbocycles. The van der Waals surface area contributed by atoms with Crippen LogP contribution in [0.3, 0.4) is 0 Å². The monoisotopic (exact) mass is 362 g/mol. The number of hydrogen-bond acceptors (Lipinski definition) is 3. The van der Waals surface area contributed by atoms with E-state index in [0.717, 1.165) is 30.2 Å². The van der Waals surface area contributed by atoms with Crippen molar-refractivity contribution in [3.05, 3.63) is 71.9 Å². The number of nitrogens with zero attached hydrogens (tertiary/aromatic N) is 1. The average Bonchev–Trinajstić information content (AvgIpc) is 3.17. The maximum atomic E-state index is 13.1. The molecule has 5 nitrogen and oxygen atoms in total. The smallest absolute Gasteiger partial charge is 0.341 e. The number of aromatic nitrogens is 1. The molecule has 3 aromatic rings. The number of para-hydroxylation sites is 1. The number of hydrogen-bond donors (Lipinski definition) is 1. The van der Waals surface area contributed by atoms with E-state index in [4.69, 9.17) is 4.74 Å². The molecule has 1 N–H and O–H groups in total. The number of piperidine rings is 1. The van der Waals surface area contributed by atoms with Gasteiger partial charge in [-0.05, 0) is 25.3 Å². The Balaban J connectivity index is 1.62. The molecular weight excluding hydrogens is 340 g/mol. The summed E-state index contributed by atoms with van der Waals surface area (Å²) in [5, 5.41) is 0.791. The summed E-state index contributed by atoms with van der Waals surface area (Å²) in [5.41, 5.74) is 2.00. The van der Waals surface area contributed by atoms with Crippen LogP contribution in [0.2, 0.25) is 0 Å². The molecule has 1 atom stereocenters. The second-order valence-electron chi connectivity index (χ2n) is 6.83. The number of rotatable bonds is 4. The van der Waals surface area contributed by atoms with E-state index in [1.54, 1.807) is 6.20 Å². The normalized spacial score (nSPS) is 15.5. The van der Waals surface area contributed by atoms with Gasteiger partial charge in [-0.15, -0.1) is 0 Å². The molecule has 1 aliphatic rings. The number of aromatic amines is 1. The molecular formula is C22H22N2O3. The number of benzene rings is 2. The zero-order chi connectivity index (χ0) is 18.6. The molecule has 1 aliphatic heterocycles. The minimum absolute atomic E-state index is 0.144. The minimum atomic E-state index is -0.925. The zero-order valence-corrected chi connectivity index (χ0v) is 15.1. The van der Waals surface area contributed by atoms with Gasteiger partial charge in [-0.3, -0.25) is 4.79 Å². The first-order chi connectivity index (χ1) is 13.2. The van der Waals surface area contributed by atoms with E-state index < -0.39 is 12.1 Å². The van der Waals surface area contributed by atoms with E-state index in [1.807, 2.05) is 59.5 Å². The van der Waals surface area contributed by atoms with Crippen LogP contribution in [0.4, 0.5) is 0 Å². The maximum Gasteiger partial charge on any atom is 0.341 e. The number of carbonyl (C=O) groups excluding carboxylic acids is 2. The van der Waals surface area contributed by atoms with Crippen molar-refractivity contribution in [1.82, 2.24) is 9.88 Å². The van der Waals surface area contributed by atoms with Crippen LogP contribution < -0.4 is 0 Å². The van der Waals surface area contributed by atoms with Crippen molar-refractivity contribution in [2.24, 2.45) is 0 Å². The molecule has 27 heavy (non-hydrogen) atoms. The summed E-state index contributed by atoms with van der Waals surface area (Å²) < 4.78 is 5.75. The second kappa shape index (κ2) is 7.66. The van der Waals surface area contributed by atoms with Crippen LogP contribution in [0.1, 0.15) is 41.3 Å². The zero-order valence-electron chi connectivity index (χ0n) is 15.1. The first kappa shape index (κ1) is 17.3. The summed E-state index contributed by atoms with van der Waals surface area (Å²) in [5.74, 6) is -0.638. The van der Waals surface area contributed by atoms with Gasteiger partial charge in [0, 0.05) is 35.8 Å². The van der Waals surface area contributed by atoms with E-state index in [-0.39, 0.29) is 5.91 Å². The first-order valence-electron chi connectivity index (χ1n) is 9.35. The summed E-state index contributed by atoms with van der Waals surface area (Å²) in [4.78, 5) is 30.9. The minimum Gasteiger partial charge on any atom is -0.444 e. The Hall–Kier alpha value is -3.08. The van der Waals surface area contributed by atoms with E-state index in [2.05, 4.69) is 4.98 Å². The Bertz CT molecular complexity index is 942. The summed E-state index contributed by atoms with van der Waals surface area (Å²) in [6.07, 6.45) is 3.83. The van der Waals surface area contributed by atoms with Crippen LogP contribution in [-0.4, -0.2) is 34.8 Å². The van der Waals surface area contributed by atoms with Gasteiger partial charge < -0.3 is 14.6 Å². The highest BCUT2D eigenvalue weighted by atomic mass is 16.5. The Kier molecular flexibility index (Phi) is 4.92. The molecule has 1 amide bonds. The Morgan fingerprint density at radius 3 is 2.41 bits per heavy atom. The van der Waals surface area contributed by atoms with Crippen LogP contribution in [0.15, 0.2) is 60.8 Å². The molecule has 2 aromatic carbocycles. The number of H-pyrrole nitrogens is 1. The fourth-order valence-corrected chi connectivity index (χ4v) is 3.58. The molecule has 0 bridgehead atoms. The van der Waals surface area contributed by atoms with E-state index in [0.29, 0.717) is 24.2 Å². The summed E-state index contributed by atoms with van der Waals surface area (Å²) in [6.45, 7) is 1.43. The van der Waals surface area contributed by atoms with Gasteiger partial charge in [-0.2, -0.15) is 0 Å². The van der Waals surface area contributed by atoms with E-state index in [9.17, 15) is 9.59 Å². The molecule has 138 valence electrons. The van der Waals surface area contributed by atoms with Crippen LogP contribution in [-0.2, 0) is 9.53 Å². The van der Waals surface area contributed by atoms with Crippen molar-refractivity contribution >= 4 is 22.8 Å². The number of amides is 1. The molecule has 0 aliphatic carbocycles. The van der Waals surface area contributed by atoms with Gasteiger partial charge in [-0.1, -0.05) is 48.5 Å². The van der Waals surface area contributed by atoms with Crippen LogP contribution in [0.25, 0.3) is 10.9 Å². The largest absolute Gasteiger partial charge is 0.444 e. The highest BCUT2D eigenvalue weighted by molar-refractivity contribution is 6.04. The predicted molar refractivity (Wildman–Crippen MR) is 103 cm³/mol. The number of carbonyl (C=O) groups is 2. The summed E-state index contributed by atoms with van der Waals surface area (Å²) >= 11 is 0. The third kappa shape index (κ3) is 3.58. The standard InChI is InChI=1S/C22H22N2O3/c25-21(24-13-7-2-8-14-24)20(16-9-3-1-4-10-16)27-22(26)18-15-23-19-12-6-5-11-17(18)19/h1,3-6,9-12,15,20,23H,2,7-8,13-14H2. The van der Waals surface area contributed by atoms with Crippen molar-refractivity contribution in [2.75, 3.05) is 13.1 Å². The van der Waals surface area contributed by atoms with Crippen LogP contribution in [0, 0.1) is 0 Å². The predicted octanol–water partition coefficient (Wildman–Crippen LogP) is 4.08. The lowest BCUT2D eigenvalue weighted by Gasteiger charge is -2.30. The van der Waals surface area contributed by atoms with Crippen molar-refractivity contribution in [3.8, 4) is 0 Å². The van der Waals surface area contributed by atoms with Gasteiger partial charge >= 0.3 is 5.97 Å². The molecule has 1 saturated heterocycles. The number of nitrogens with one attached hydrogen (secondary N) is 1. The highest BCUT2D eigenvalue weighted by Crippen LogP contribution is 2.26. The molecule has 0 radical (unpaired) electrons. The van der Waals surface area contributed by atoms with Gasteiger partial charge in [0.05, 0.1) is 5.56 Å². The summed E-state index contributed by atoms with van der Waals surface area (Å²) in [7, 11) is 0. The Labute approximate surface area is 157 Å². The topological polar surface area (TPSA) is 62.4 Å². The van der Waals surface area contributed by atoms with Crippen LogP contribution >= 0.6 is 0 Å². The molecule has 1 unspecified atom stereocenters. The van der Waals surface area contributed by atoms with Crippen molar-refractivity contribution in [1.29, 1.82) is 0 Å². The van der Waals surface area contributed by atoms with Crippen molar-refractivity contribution in [2.45, 2.75) is 25.4 Å². The van der Waals surface area contributed by atoms with Gasteiger partial charge in [0.1, 0.15) is 0 Å². The van der Waals surface area contributed by atoms with Crippen molar-refractivity contribution < 1.29 is 14.3 Å². The molecule has 1 aromatic heterocycles. The van der Waals surface area contributed by atoms with Crippen molar-refractivity contribution in [3.63, 3.8) is 0 Å². The molecule has 0 spiro atoms. The fraction of sp³-hybridized carbons (Fsp3) is 0.273. The van der Waals surface area contributed by atoms with Gasteiger partial charge in [-0.25, -0.2) is 4.79 Å². The lowest BCUT2D eigenvalue weighted by atomic mass is 10.1. The fourth-order valence-electron chi connectivity index (χ4n) is 3.58. The number of fused-ring (bicyclic) bond motifs is 1. The average molecular weight is 362 g/mol.